The zero-order valence-corrected chi connectivity index (χ0v) is 21.8. The quantitative estimate of drug-likeness (QED) is 0.387. The van der Waals surface area contributed by atoms with Gasteiger partial charge in [-0.1, -0.05) is 42.8 Å². The molecule has 0 aromatic heterocycles. The van der Waals surface area contributed by atoms with Crippen LogP contribution in [0.25, 0.3) is 5.57 Å². The van der Waals surface area contributed by atoms with E-state index in [-0.39, 0.29) is 58.8 Å². The Morgan fingerprint density at radius 3 is 2.63 bits per heavy atom. The van der Waals surface area contributed by atoms with Gasteiger partial charge < -0.3 is 20.6 Å². The van der Waals surface area contributed by atoms with Crippen molar-refractivity contribution < 1.29 is 28.7 Å². The maximum atomic E-state index is 14.2. The zero-order chi connectivity index (χ0) is 27.6. The molecule has 4 rings (SSSR count). The number of rotatable bonds is 10. The molecule has 10 heteroatoms. The SMILES string of the molecule is CCC=C(C(C)=O)c1ccc(C(=O)O)cc1NCC(=O)N1C(C(=O)NCc2cccc(Cl)c2F)CC2CC21. The van der Waals surface area contributed by atoms with Gasteiger partial charge in [-0.05, 0) is 50.3 Å². The highest BCUT2D eigenvalue weighted by Crippen LogP contribution is 2.48. The van der Waals surface area contributed by atoms with Crippen LogP contribution >= 0.6 is 11.6 Å². The highest BCUT2D eigenvalue weighted by atomic mass is 35.5. The molecule has 0 bridgehead atoms. The summed E-state index contributed by atoms with van der Waals surface area (Å²) < 4.78 is 14.2. The van der Waals surface area contributed by atoms with Crippen LogP contribution in [0.2, 0.25) is 5.02 Å². The van der Waals surface area contributed by atoms with Crippen LogP contribution in [-0.2, 0) is 20.9 Å². The zero-order valence-electron chi connectivity index (χ0n) is 21.1. The van der Waals surface area contributed by atoms with Crippen molar-refractivity contribution in [3.05, 3.63) is 70.0 Å². The van der Waals surface area contributed by atoms with E-state index in [0.717, 1.165) is 6.42 Å². The molecule has 200 valence electrons. The molecule has 2 aromatic rings. The molecule has 1 saturated heterocycles. The fourth-order valence-corrected chi connectivity index (χ4v) is 5.20. The van der Waals surface area contributed by atoms with Gasteiger partial charge in [-0.25, -0.2) is 9.18 Å². The number of piperidine rings is 1. The van der Waals surface area contributed by atoms with Gasteiger partial charge in [-0.2, -0.15) is 0 Å². The number of likely N-dealkylation sites (tertiary alicyclic amines) is 1. The molecule has 2 fully saturated rings. The molecule has 1 saturated carbocycles. The number of nitrogens with zero attached hydrogens (tertiary/aromatic N) is 1. The number of aromatic carboxylic acids is 1. The number of nitrogens with one attached hydrogen (secondary N) is 2. The maximum Gasteiger partial charge on any atom is 0.335 e. The van der Waals surface area contributed by atoms with Crippen LogP contribution in [0.4, 0.5) is 10.1 Å². The van der Waals surface area contributed by atoms with E-state index in [4.69, 9.17) is 11.6 Å². The molecular formula is C28H29ClFN3O5. The van der Waals surface area contributed by atoms with Crippen LogP contribution in [0.5, 0.6) is 0 Å². The summed E-state index contributed by atoms with van der Waals surface area (Å²) >= 11 is 5.82. The van der Waals surface area contributed by atoms with Crippen molar-refractivity contribution in [1.29, 1.82) is 0 Å². The fraction of sp³-hybridized carbons (Fsp3) is 0.357. The summed E-state index contributed by atoms with van der Waals surface area (Å²) in [5.74, 6) is -2.37. The van der Waals surface area contributed by atoms with Crippen molar-refractivity contribution >= 4 is 46.4 Å². The van der Waals surface area contributed by atoms with Gasteiger partial charge in [0.05, 0.1) is 17.1 Å². The number of benzene rings is 2. The average molecular weight is 542 g/mol. The Bertz CT molecular complexity index is 1330. The van der Waals surface area contributed by atoms with E-state index in [9.17, 15) is 28.7 Å². The first-order chi connectivity index (χ1) is 18.1. The first-order valence-corrected chi connectivity index (χ1v) is 12.8. The molecule has 2 amide bonds. The Labute approximate surface area is 224 Å². The third kappa shape index (κ3) is 5.72. The third-order valence-electron chi connectivity index (χ3n) is 6.95. The number of fused-ring (bicyclic) bond motifs is 1. The van der Waals surface area contributed by atoms with Gasteiger partial charge >= 0.3 is 5.97 Å². The van der Waals surface area contributed by atoms with Crippen molar-refractivity contribution in [2.75, 3.05) is 11.9 Å². The number of amides is 2. The van der Waals surface area contributed by atoms with Gasteiger partial charge in [0.15, 0.2) is 5.78 Å². The van der Waals surface area contributed by atoms with Crippen LogP contribution in [0.15, 0.2) is 42.5 Å². The van der Waals surface area contributed by atoms with Crippen LogP contribution in [0.3, 0.4) is 0 Å². The lowest BCUT2D eigenvalue weighted by molar-refractivity contribution is -0.138. The van der Waals surface area contributed by atoms with Gasteiger partial charge in [0.1, 0.15) is 11.9 Å². The highest BCUT2D eigenvalue weighted by molar-refractivity contribution is 6.30. The Balaban J connectivity index is 1.48. The molecular weight excluding hydrogens is 513 g/mol. The number of allylic oxidation sites excluding steroid dienone is 2. The molecule has 3 atom stereocenters. The highest BCUT2D eigenvalue weighted by Gasteiger charge is 2.55. The number of hydrogen-bond acceptors (Lipinski definition) is 5. The van der Waals surface area contributed by atoms with Gasteiger partial charge in [0.25, 0.3) is 0 Å². The minimum atomic E-state index is -1.14. The summed E-state index contributed by atoms with van der Waals surface area (Å²) in [5.41, 5.74) is 1.53. The van der Waals surface area contributed by atoms with Crippen molar-refractivity contribution in [1.82, 2.24) is 10.2 Å². The van der Waals surface area contributed by atoms with E-state index < -0.39 is 17.8 Å². The topological polar surface area (TPSA) is 116 Å². The minimum Gasteiger partial charge on any atom is -0.478 e. The van der Waals surface area contributed by atoms with Crippen LogP contribution < -0.4 is 10.6 Å². The molecule has 1 aliphatic heterocycles. The molecule has 1 heterocycles. The van der Waals surface area contributed by atoms with E-state index in [1.54, 1.807) is 23.1 Å². The number of Topliss-reactive ketones (excluding diaryl/α,β-unsaturated/α-hetero) is 1. The molecule has 1 aliphatic carbocycles. The van der Waals surface area contributed by atoms with Crippen LogP contribution in [0.1, 0.15) is 54.6 Å². The lowest BCUT2D eigenvalue weighted by Crippen LogP contribution is -2.49. The number of ketones is 1. The Morgan fingerprint density at radius 2 is 1.95 bits per heavy atom. The Morgan fingerprint density at radius 1 is 1.18 bits per heavy atom. The first kappa shape index (κ1) is 27.3. The molecule has 2 aromatic carbocycles. The lowest BCUT2D eigenvalue weighted by Gasteiger charge is -2.27. The number of carbonyl (C=O) groups excluding carboxylic acids is 3. The predicted octanol–water partition coefficient (Wildman–Crippen LogP) is 4.28. The third-order valence-corrected chi connectivity index (χ3v) is 7.25. The first-order valence-electron chi connectivity index (χ1n) is 12.5. The number of carboxylic acid groups (broad SMARTS) is 1. The van der Waals surface area contributed by atoms with Crippen molar-refractivity contribution in [2.24, 2.45) is 5.92 Å². The molecule has 0 radical (unpaired) electrons. The summed E-state index contributed by atoms with van der Waals surface area (Å²) in [6.45, 7) is 3.07. The smallest absolute Gasteiger partial charge is 0.335 e. The monoisotopic (exact) mass is 541 g/mol. The van der Waals surface area contributed by atoms with E-state index in [2.05, 4.69) is 10.6 Å². The summed E-state index contributed by atoms with van der Waals surface area (Å²) in [6.07, 6.45) is 3.68. The van der Waals surface area contributed by atoms with E-state index in [0.29, 0.717) is 29.7 Å². The van der Waals surface area contributed by atoms with E-state index in [1.807, 2.05) is 6.92 Å². The lowest BCUT2D eigenvalue weighted by atomic mass is 9.97. The van der Waals surface area contributed by atoms with Crippen molar-refractivity contribution in [3.8, 4) is 0 Å². The second kappa shape index (κ2) is 11.3. The number of anilines is 1. The van der Waals surface area contributed by atoms with Crippen molar-refractivity contribution in [2.45, 2.75) is 51.7 Å². The van der Waals surface area contributed by atoms with Crippen LogP contribution in [0, 0.1) is 11.7 Å². The van der Waals surface area contributed by atoms with Gasteiger partial charge in [0, 0.05) is 35.0 Å². The van der Waals surface area contributed by atoms with E-state index >= 15 is 0 Å². The van der Waals surface area contributed by atoms with Gasteiger partial charge in [0.2, 0.25) is 11.8 Å². The molecule has 3 unspecified atom stereocenters. The normalized spacial score (nSPS) is 20.1. The van der Waals surface area contributed by atoms with Gasteiger partial charge in [-0.3, -0.25) is 14.4 Å². The molecule has 0 spiro atoms. The summed E-state index contributed by atoms with van der Waals surface area (Å²) in [5, 5.41) is 15.1. The van der Waals surface area contributed by atoms with Gasteiger partial charge in [-0.15, -0.1) is 0 Å². The second-order valence-corrected chi connectivity index (χ2v) is 9.95. The standard InChI is InChI=1S/C28H29ClFN3O5/c1-3-5-19(15(2)34)20-9-8-16(28(37)38)10-22(20)31-14-25(35)33-23-11-18(23)12-24(33)27(36)32-13-17-6-4-7-21(29)26(17)30/h4-10,18,23-24,31H,3,11-14H2,1-2H3,(H,32,36)(H,37,38). The minimum absolute atomic E-state index is 0.0111. The Hall–Kier alpha value is -3.72. The van der Waals surface area contributed by atoms with Crippen LogP contribution in [-0.4, -0.2) is 52.2 Å². The number of carboxylic acids is 1. The Kier molecular flexibility index (Phi) is 8.16. The number of hydrogen-bond donors (Lipinski definition) is 3. The summed E-state index contributed by atoms with van der Waals surface area (Å²) in [7, 11) is 0. The summed E-state index contributed by atoms with van der Waals surface area (Å²) in [4.78, 5) is 51.7. The number of carbonyl (C=O) groups is 4. The molecule has 38 heavy (non-hydrogen) atoms. The second-order valence-electron chi connectivity index (χ2n) is 9.55. The molecule has 3 N–H and O–H groups in total. The molecule has 2 aliphatic rings. The summed E-state index contributed by atoms with van der Waals surface area (Å²) in [6, 6.07) is 8.19. The molecule has 8 nitrogen and oxygen atoms in total. The maximum absolute atomic E-state index is 14.2. The fourth-order valence-electron chi connectivity index (χ4n) is 5.00. The van der Waals surface area contributed by atoms with Crippen molar-refractivity contribution in [3.63, 3.8) is 0 Å². The largest absolute Gasteiger partial charge is 0.478 e. The number of halogens is 2. The average Bonchev–Trinajstić information content (AvgIpc) is 3.55. The predicted molar refractivity (Wildman–Crippen MR) is 141 cm³/mol. The van der Waals surface area contributed by atoms with E-state index in [1.165, 1.54) is 31.2 Å².